The van der Waals surface area contributed by atoms with Crippen molar-refractivity contribution >= 4 is 6.09 Å². The van der Waals surface area contributed by atoms with E-state index < -0.39 is 0 Å². The fourth-order valence-corrected chi connectivity index (χ4v) is 2.28. The highest BCUT2D eigenvalue weighted by molar-refractivity contribution is 5.67. The molecule has 0 aliphatic carbocycles. The van der Waals surface area contributed by atoms with E-state index in [9.17, 15) is 4.79 Å². The van der Waals surface area contributed by atoms with E-state index in [1.165, 1.54) is 7.11 Å². The second kappa shape index (κ2) is 6.70. The molecule has 2 N–H and O–H groups in total. The number of methoxy groups -OCH3 is 1. The molecule has 94 valence electrons. The Bertz CT molecular complexity index is 223. The van der Waals surface area contributed by atoms with Gasteiger partial charge in [0.1, 0.15) is 0 Å². The Labute approximate surface area is 96.8 Å². The highest BCUT2D eigenvalue weighted by Crippen LogP contribution is 2.19. The smallest absolute Gasteiger partial charge is 0.407 e. The van der Waals surface area contributed by atoms with Gasteiger partial charge in [0.05, 0.1) is 7.11 Å². The van der Waals surface area contributed by atoms with E-state index in [1.807, 2.05) is 0 Å². The van der Waals surface area contributed by atoms with Gasteiger partial charge in [0.25, 0.3) is 0 Å². The summed E-state index contributed by atoms with van der Waals surface area (Å²) >= 11 is 0. The van der Waals surface area contributed by atoms with Crippen molar-refractivity contribution in [3.8, 4) is 0 Å². The van der Waals surface area contributed by atoms with Crippen LogP contribution in [0.2, 0.25) is 0 Å². The summed E-state index contributed by atoms with van der Waals surface area (Å²) in [5.74, 6) is 0.459. The van der Waals surface area contributed by atoms with E-state index in [2.05, 4.69) is 21.9 Å². The predicted molar refractivity (Wildman–Crippen MR) is 61.3 cm³/mol. The van der Waals surface area contributed by atoms with E-state index in [-0.39, 0.29) is 18.7 Å². The van der Waals surface area contributed by atoms with Crippen molar-refractivity contribution in [2.24, 2.45) is 5.92 Å². The average molecular weight is 230 g/mol. The lowest BCUT2D eigenvalue weighted by Crippen LogP contribution is -2.50. The fraction of sp³-hybridized carbons (Fsp3) is 0.909. The Hall–Kier alpha value is -0.810. The van der Waals surface area contributed by atoms with Gasteiger partial charge in [-0.05, 0) is 25.3 Å². The van der Waals surface area contributed by atoms with E-state index in [0.717, 1.165) is 32.5 Å². The van der Waals surface area contributed by atoms with Gasteiger partial charge in [-0.25, -0.2) is 4.79 Å². The molecular formula is C11H22N2O3. The number of carbonyl (C=O) groups excluding carboxylic acids is 1. The molecule has 1 fully saturated rings. The third kappa shape index (κ3) is 3.98. The first-order valence-electron chi connectivity index (χ1n) is 5.87. The summed E-state index contributed by atoms with van der Waals surface area (Å²) in [5, 5.41) is 11.8. The maximum atomic E-state index is 11.1. The summed E-state index contributed by atoms with van der Waals surface area (Å²) in [5.41, 5.74) is 0. The summed E-state index contributed by atoms with van der Waals surface area (Å²) in [4.78, 5) is 13.4. The Morgan fingerprint density at radius 2 is 2.31 bits per heavy atom. The lowest BCUT2D eigenvalue weighted by molar-refractivity contribution is 0.115. The summed E-state index contributed by atoms with van der Waals surface area (Å²) in [6.45, 7) is 5.18. The van der Waals surface area contributed by atoms with Gasteiger partial charge in [-0.1, -0.05) is 6.92 Å². The van der Waals surface area contributed by atoms with Crippen LogP contribution in [0.1, 0.15) is 19.8 Å². The molecule has 1 aliphatic heterocycles. The topological polar surface area (TPSA) is 61.8 Å². The summed E-state index contributed by atoms with van der Waals surface area (Å²) in [7, 11) is 1.38. The quantitative estimate of drug-likeness (QED) is 0.735. The minimum absolute atomic E-state index is 0.137. The lowest BCUT2D eigenvalue weighted by Gasteiger charge is -2.37. The van der Waals surface area contributed by atoms with Crippen molar-refractivity contribution in [1.82, 2.24) is 10.2 Å². The number of amides is 1. The van der Waals surface area contributed by atoms with Crippen molar-refractivity contribution in [3.63, 3.8) is 0 Å². The van der Waals surface area contributed by atoms with Crippen LogP contribution in [0.25, 0.3) is 0 Å². The molecule has 1 rings (SSSR count). The molecule has 0 aromatic carbocycles. The number of nitrogens with zero attached hydrogens (tertiary/aromatic N) is 1. The molecule has 0 radical (unpaired) electrons. The molecule has 16 heavy (non-hydrogen) atoms. The second-order valence-corrected chi connectivity index (χ2v) is 4.30. The van der Waals surface area contributed by atoms with Crippen LogP contribution in [-0.4, -0.2) is 55.5 Å². The third-order valence-corrected chi connectivity index (χ3v) is 3.10. The number of nitrogens with one attached hydrogen (secondary N) is 1. The second-order valence-electron chi connectivity index (χ2n) is 4.30. The monoisotopic (exact) mass is 230 g/mol. The third-order valence-electron chi connectivity index (χ3n) is 3.10. The Kier molecular flexibility index (Phi) is 5.55. The number of carbonyl (C=O) groups is 1. The Balaban J connectivity index is 2.46. The number of aliphatic hydroxyl groups excluding tert-OH is 1. The van der Waals surface area contributed by atoms with E-state index in [1.54, 1.807) is 0 Å². The largest absolute Gasteiger partial charge is 0.453 e. The number of likely N-dealkylation sites (tertiary alicyclic amines) is 1. The molecule has 1 heterocycles. The van der Waals surface area contributed by atoms with Crippen molar-refractivity contribution in [2.45, 2.75) is 25.8 Å². The molecule has 0 aromatic rings. The van der Waals surface area contributed by atoms with Crippen LogP contribution < -0.4 is 5.32 Å². The molecule has 0 bridgehead atoms. The normalized spacial score (nSPS) is 26.4. The van der Waals surface area contributed by atoms with Crippen LogP contribution in [0.3, 0.4) is 0 Å². The van der Waals surface area contributed by atoms with Gasteiger partial charge in [0.2, 0.25) is 0 Å². The van der Waals surface area contributed by atoms with Crippen LogP contribution >= 0.6 is 0 Å². The number of aliphatic hydroxyl groups is 1. The molecule has 0 spiro atoms. The summed E-state index contributed by atoms with van der Waals surface area (Å²) in [6.07, 6.45) is 1.35. The molecule has 1 aliphatic rings. The first kappa shape index (κ1) is 13.3. The van der Waals surface area contributed by atoms with E-state index in [4.69, 9.17) is 5.11 Å². The number of likely N-dealkylation sites (N-methyl/N-ethyl adjacent to an activating group) is 1. The SMILES string of the molecule is CCN1CC(CCO)CC(NC(=O)OC)C1. The number of ether oxygens (including phenoxy) is 1. The van der Waals surface area contributed by atoms with Gasteiger partial charge >= 0.3 is 6.09 Å². The molecular weight excluding hydrogens is 208 g/mol. The number of hydrogen-bond donors (Lipinski definition) is 2. The first-order valence-corrected chi connectivity index (χ1v) is 5.87. The minimum atomic E-state index is -0.370. The standard InChI is InChI=1S/C11H22N2O3/c1-3-13-7-9(4-5-14)6-10(8-13)12-11(15)16-2/h9-10,14H,3-8H2,1-2H3,(H,12,15). The van der Waals surface area contributed by atoms with Gasteiger partial charge in [0, 0.05) is 25.7 Å². The molecule has 1 saturated heterocycles. The predicted octanol–water partition coefficient (Wildman–Crippen LogP) is 0.435. The zero-order valence-corrected chi connectivity index (χ0v) is 10.1. The average Bonchev–Trinajstić information content (AvgIpc) is 2.29. The molecule has 5 nitrogen and oxygen atoms in total. The molecule has 2 atom stereocenters. The fourth-order valence-electron chi connectivity index (χ4n) is 2.28. The van der Waals surface area contributed by atoms with Gasteiger partial charge < -0.3 is 20.1 Å². The summed E-state index contributed by atoms with van der Waals surface area (Å²) in [6, 6.07) is 0.137. The van der Waals surface area contributed by atoms with Crippen molar-refractivity contribution in [2.75, 3.05) is 33.4 Å². The molecule has 2 unspecified atom stereocenters. The van der Waals surface area contributed by atoms with Gasteiger partial charge in [0.15, 0.2) is 0 Å². The molecule has 0 aromatic heterocycles. The number of hydrogen-bond acceptors (Lipinski definition) is 4. The number of piperidine rings is 1. The van der Waals surface area contributed by atoms with Gasteiger partial charge in [-0.15, -0.1) is 0 Å². The van der Waals surface area contributed by atoms with Gasteiger partial charge in [-0.2, -0.15) is 0 Å². The Morgan fingerprint density at radius 3 is 2.88 bits per heavy atom. The van der Waals surface area contributed by atoms with Crippen LogP contribution in [0, 0.1) is 5.92 Å². The van der Waals surface area contributed by atoms with E-state index >= 15 is 0 Å². The molecule has 5 heteroatoms. The van der Waals surface area contributed by atoms with Crippen LogP contribution in [-0.2, 0) is 4.74 Å². The molecule has 1 amide bonds. The maximum Gasteiger partial charge on any atom is 0.407 e. The maximum absolute atomic E-state index is 11.1. The highest BCUT2D eigenvalue weighted by Gasteiger charge is 2.27. The summed E-state index contributed by atoms with van der Waals surface area (Å²) < 4.78 is 4.60. The number of alkyl carbamates (subject to hydrolysis) is 1. The highest BCUT2D eigenvalue weighted by atomic mass is 16.5. The zero-order chi connectivity index (χ0) is 12.0. The van der Waals surface area contributed by atoms with Crippen LogP contribution in [0.5, 0.6) is 0 Å². The van der Waals surface area contributed by atoms with Crippen molar-refractivity contribution < 1.29 is 14.6 Å². The number of rotatable bonds is 4. The lowest BCUT2D eigenvalue weighted by atomic mass is 9.92. The van der Waals surface area contributed by atoms with Crippen LogP contribution in [0.4, 0.5) is 4.79 Å². The first-order chi connectivity index (χ1) is 7.69. The van der Waals surface area contributed by atoms with Crippen molar-refractivity contribution in [1.29, 1.82) is 0 Å². The van der Waals surface area contributed by atoms with Crippen LogP contribution in [0.15, 0.2) is 0 Å². The zero-order valence-electron chi connectivity index (χ0n) is 10.1. The minimum Gasteiger partial charge on any atom is -0.453 e. The Morgan fingerprint density at radius 1 is 1.56 bits per heavy atom. The van der Waals surface area contributed by atoms with E-state index in [0.29, 0.717) is 5.92 Å². The molecule has 0 saturated carbocycles. The van der Waals surface area contributed by atoms with Gasteiger partial charge in [-0.3, -0.25) is 0 Å². The van der Waals surface area contributed by atoms with Crippen molar-refractivity contribution in [3.05, 3.63) is 0 Å².